The first-order chi connectivity index (χ1) is 15.4. The second kappa shape index (κ2) is 13.9. The number of rotatable bonds is 11. The van der Waals surface area contributed by atoms with E-state index in [-0.39, 0.29) is 23.0 Å². The van der Waals surface area contributed by atoms with E-state index in [0.717, 1.165) is 9.79 Å². The third kappa shape index (κ3) is 10.9. The predicted octanol–water partition coefficient (Wildman–Crippen LogP) is 6.52. The Labute approximate surface area is 200 Å². The van der Waals surface area contributed by atoms with Gasteiger partial charge in [0.15, 0.2) is 0 Å². The normalized spacial score (nSPS) is 14.3. The van der Waals surface area contributed by atoms with Crippen LogP contribution in [0.5, 0.6) is 0 Å². The average molecular weight is 537 g/mol. The summed E-state index contributed by atoms with van der Waals surface area (Å²) in [6, 6.07) is 12.1. The van der Waals surface area contributed by atoms with Gasteiger partial charge in [-0.25, -0.2) is 0 Å². The average Bonchev–Trinajstić information content (AvgIpc) is 2.82. The van der Waals surface area contributed by atoms with Gasteiger partial charge in [0.25, 0.3) is 11.4 Å². The standard InChI is InChI=1S/C10H14NO4PS.C9H12NO4PS/c1-3-16(14,15-2)8-17-10-6-4-9(5-7-10)11(12)13;1-2-15(13,14)7-16-9-5-3-8(4-6-9)10(11)12/h4-7H,3,8H2,1-2H3;3-6H,2,7H2,1H3,(H,13,14). The Balaban J connectivity index is 0.000000331. The van der Waals surface area contributed by atoms with Gasteiger partial charge < -0.3 is 9.42 Å². The molecule has 2 atom stereocenters. The lowest BCUT2D eigenvalue weighted by Crippen LogP contribution is -1.92. The van der Waals surface area contributed by atoms with Crippen molar-refractivity contribution in [2.24, 2.45) is 0 Å². The fraction of sp³-hybridized carbons (Fsp3) is 0.368. The summed E-state index contributed by atoms with van der Waals surface area (Å²) >= 11 is 2.62. The first kappa shape index (κ1) is 29.4. The predicted molar refractivity (Wildman–Crippen MR) is 133 cm³/mol. The molecule has 0 bridgehead atoms. The Morgan fingerprint density at radius 2 is 1.21 bits per heavy atom. The third-order valence-corrected chi connectivity index (χ3v) is 12.3. The minimum Gasteiger partial charge on any atom is -0.344 e. The molecule has 0 aliphatic carbocycles. The topological polar surface area (TPSA) is 150 Å². The lowest BCUT2D eigenvalue weighted by Gasteiger charge is -2.13. The molecule has 0 spiro atoms. The van der Waals surface area contributed by atoms with Crippen LogP contribution in [0.2, 0.25) is 0 Å². The molecular formula is C19H26N2O8P2S2. The molecule has 0 heterocycles. The van der Waals surface area contributed by atoms with E-state index < -0.39 is 24.6 Å². The van der Waals surface area contributed by atoms with E-state index in [0.29, 0.717) is 11.7 Å². The summed E-state index contributed by atoms with van der Waals surface area (Å²) in [6.45, 7) is 3.48. The van der Waals surface area contributed by atoms with Crippen molar-refractivity contribution in [1.82, 2.24) is 0 Å². The van der Waals surface area contributed by atoms with E-state index in [1.54, 1.807) is 31.2 Å². The van der Waals surface area contributed by atoms with Crippen LogP contribution in [0, 0.1) is 20.2 Å². The van der Waals surface area contributed by atoms with Crippen LogP contribution in [0.25, 0.3) is 0 Å². The van der Waals surface area contributed by atoms with Crippen LogP contribution >= 0.6 is 38.3 Å². The molecule has 0 saturated heterocycles. The molecule has 0 aliphatic rings. The molecule has 2 unspecified atom stereocenters. The van der Waals surface area contributed by atoms with Crippen molar-refractivity contribution in [2.45, 2.75) is 23.6 Å². The van der Waals surface area contributed by atoms with E-state index in [2.05, 4.69) is 0 Å². The maximum Gasteiger partial charge on any atom is 0.269 e. The van der Waals surface area contributed by atoms with Crippen LogP contribution in [-0.4, -0.2) is 45.2 Å². The largest absolute Gasteiger partial charge is 0.344 e. The Morgan fingerprint density at radius 1 is 0.818 bits per heavy atom. The van der Waals surface area contributed by atoms with Crippen molar-refractivity contribution in [1.29, 1.82) is 0 Å². The third-order valence-electron chi connectivity index (χ3n) is 4.26. The molecule has 0 aliphatic heterocycles. The van der Waals surface area contributed by atoms with Crippen molar-refractivity contribution in [3.8, 4) is 0 Å². The highest BCUT2D eigenvalue weighted by atomic mass is 32.2. The summed E-state index contributed by atoms with van der Waals surface area (Å²) in [4.78, 5) is 30.9. The summed E-state index contributed by atoms with van der Waals surface area (Å²) in [5.41, 5.74) is 0.603. The molecule has 2 aromatic rings. The molecule has 33 heavy (non-hydrogen) atoms. The van der Waals surface area contributed by atoms with E-state index in [4.69, 9.17) is 4.52 Å². The summed E-state index contributed by atoms with van der Waals surface area (Å²) in [6.07, 6.45) is 0.733. The Morgan fingerprint density at radius 3 is 1.52 bits per heavy atom. The van der Waals surface area contributed by atoms with Crippen molar-refractivity contribution < 1.29 is 28.4 Å². The van der Waals surface area contributed by atoms with Gasteiger partial charge in [-0.05, 0) is 24.3 Å². The molecule has 0 radical (unpaired) electrons. The van der Waals surface area contributed by atoms with Gasteiger partial charge in [-0.3, -0.25) is 29.4 Å². The van der Waals surface area contributed by atoms with Gasteiger partial charge in [-0.15, -0.1) is 23.5 Å². The first-order valence-electron chi connectivity index (χ1n) is 9.64. The quantitative estimate of drug-likeness (QED) is 0.145. The van der Waals surface area contributed by atoms with Crippen LogP contribution in [0.15, 0.2) is 58.3 Å². The van der Waals surface area contributed by atoms with E-state index >= 15 is 0 Å². The van der Waals surface area contributed by atoms with Gasteiger partial charge in [0, 0.05) is 53.5 Å². The van der Waals surface area contributed by atoms with E-state index in [1.165, 1.54) is 54.9 Å². The molecule has 2 rings (SSSR count). The van der Waals surface area contributed by atoms with Crippen LogP contribution in [0.4, 0.5) is 11.4 Å². The van der Waals surface area contributed by atoms with E-state index in [1.807, 2.05) is 6.92 Å². The van der Waals surface area contributed by atoms with Crippen LogP contribution in [-0.2, 0) is 13.7 Å². The van der Waals surface area contributed by atoms with Crippen LogP contribution in [0.3, 0.4) is 0 Å². The van der Waals surface area contributed by atoms with Gasteiger partial charge in [0.05, 0.1) is 20.8 Å². The number of nitro benzene ring substituents is 2. The van der Waals surface area contributed by atoms with Gasteiger partial charge in [0.2, 0.25) is 14.7 Å². The van der Waals surface area contributed by atoms with Crippen molar-refractivity contribution in [3.05, 3.63) is 68.8 Å². The Hall–Kier alpha value is -1.68. The number of benzene rings is 2. The molecular weight excluding hydrogens is 510 g/mol. The molecule has 14 heteroatoms. The molecule has 0 fully saturated rings. The maximum absolute atomic E-state index is 11.9. The zero-order valence-corrected chi connectivity index (χ0v) is 21.8. The highest BCUT2D eigenvalue weighted by molar-refractivity contribution is 8.05. The molecule has 0 amide bonds. The molecule has 182 valence electrons. The summed E-state index contributed by atoms with van der Waals surface area (Å²) in [7, 11) is -4.14. The summed E-state index contributed by atoms with van der Waals surface area (Å²) in [5, 5.41) is 20.8. The lowest BCUT2D eigenvalue weighted by atomic mass is 10.3. The van der Waals surface area contributed by atoms with Crippen molar-refractivity contribution >= 4 is 49.6 Å². The molecule has 1 N–H and O–H groups in total. The molecule has 0 aromatic heterocycles. The summed E-state index contributed by atoms with van der Waals surface area (Å²) < 4.78 is 28.3. The minimum atomic E-state index is -3.04. The number of thioether (sulfide) groups is 2. The Kier molecular flexibility index (Phi) is 12.4. The van der Waals surface area contributed by atoms with Gasteiger partial charge in [-0.2, -0.15) is 0 Å². The first-order valence-corrected chi connectivity index (χ1v) is 15.6. The smallest absolute Gasteiger partial charge is 0.269 e. The Bertz CT molecular complexity index is 1010. The second-order valence-corrected chi connectivity index (χ2v) is 15.1. The van der Waals surface area contributed by atoms with Gasteiger partial charge >= 0.3 is 0 Å². The lowest BCUT2D eigenvalue weighted by molar-refractivity contribution is -0.385. The highest BCUT2D eigenvalue weighted by Gasteiger charge is 2.19. The van der Waals surface area contributed by atoms with Crippen molar-refractivity contribution in [2.75, 3.05) is 30.4 Å². The number of non-ortho nitro benzene ring substituents is 2. The SMILES string of the molecule is CCP(=O)(CSc1ccc([N+](=O)[O-])cc1)OC.CCP(=O)(O)CSc1ccc([N+](=O)[O-])cc1. The number of nitro groups is 2. The van der Waals surface area contributed by atoms with E-state index in [9.17, 15) is 34.3 Å². The fourth-order valence-electron chi connectivity index (χ4n) is 2.04. The zero-order valence-electron chi connectivity index (χ0n) is 18.4. The molecule has 2 aromatic carbocycles. The van der Waals surface area contributed by atoms with Gasteiger partial charge in [0.1, 0.15) is 0 Å². The summed E-state index contributed by atoms with van der Waals surface area (Å²) in [5.74, 6) is 0. The minimum absolute atomic E-state index is 0.0204. The fourth-order valence-corrected chi connectivity index (χ4v) is 7.62. The monoisotopic (exact) mass is 536 g/mol. The number of hydrogen-bond acceptors (Lipinski definition) is 9. The van der Waals surface area contributed by atoms with Crippen LogP contribution in [0.1, 0.15) is 13.8 Å². The number of nitrogens with zero attached hydrogens (tertiary/aromatic N) is 2. The van der Waals surface area contributed by atoms with Gasteiger partial charge in [-0.1, -0.05) is 13.8 Å². The maximum atomic E-state index is 11.9. The molecule has 10 nitrogen and oxygen atoms in total. The molecule has 0 saturated carbocycles. The second-order valence-electron chi connectivity index (χ2n) is 6.52. The number of hydrogen-bond donors (Lipinski definition) is 1. The van der Waals surface area contributed by atoms with Crippen LogP contribution < -0.4 is 0 Å². The zero-order chi connectivity index (χ0) is 25.1. The highest BCUT2D eigenvalue weighted by Crippen LogP contribution is 2.50. The van der Waals surface area contributed by atoms with Crippen molar-refractivity contribution in [3.63, 3.8) is 0 Å².